The summed E-state index contributed by atoms with van der Waals surface area (Å²) < 4.78 is 11.1. The molecule has 1 aliphatic heterocycles. The zero-order chi connectivity index (χ0) is 17.8. The number of rotatable bonds is 5. The van der Waals surface area contributed by atoms with Crippen LogP contribution in [0.5, 0.6) is 11.5 Å². The SMILES string of the molecule is CC(Nc1cnnc(Nc2ccc3c(c2)OCCO3)n1)c1ccccc1. The smallest absolute Gasteiger partial charge is 0.249 e. The number of nitrogens with zero attached hydrogens (tertiary/aromatic N) is 3. The Morgan fingerprint density at radius 2 is 1.81 bits per heavy atom. The van der Waals surface area contributed by atoms with Crippen molar-refractivity contribution in [3.05, 3.63) is 60.3 Å². The lowest BCUT2D eigenvalue weighted by molar-refractivity contribution is 0.171. The fourth-order valence-electron chi connectivity index (χ4n) is 2.72. The Morgan fingerprint density at radius 3 is 2.65 bits per heavy atom. The number of hydrogen-bond donors (Lipinski definition) is 2. The molecule has 1 unspecified atom stereocenters. The van der Waals surface area contributed by atoms with Crippen molar-refractivity contribution < 1.29 is 9.47 Å². The predicted molar refractivity (Wildman–Crippen MR) is 99.0 cm³/mol. The third kappa shape index (κ3) is 3.66. The van der Waals surface area contributed by atoms with Crippen molar-refractivity contribution in [2.75, 3.05) is 23.8 Å². The van der Waals surface area contributed by atoms with E-state index in [2.05, 4.69) is 44.9 Å². The highest BCUT2D eigenvalue weighted by atomic mass is 16.6. The van der Waals surface area contributed by atoms with Gasteiger partial charge in [0.1, 0.15) is 13.2 Å². The van der Waals surface area contributed by atoms with E-state index in [0.717, 1.165) is 11.4 Å². The number of ether oxygens (including phenoxy) is 2. The van der Waals surface area contributed by atoms with Gasteiger partial charge in [0.25, 0.3) is 0 Å². The van der Waals surface area contributed by atoms with Crippen LogP contribution in [-0.4, -0.2) is 28.4 Å². The Kier molecular flexibility index (Phi) is 4.51. The average molecular weight is 349 g/mol. The number of fused-ring (bicyclic) bond motifs is 1. The molecule has 0 aliphatic carbocycles. The first-order chi connectivity index (χ1) is 12.8. The van der Waals surface area contributed by atoms with Crippen molar-refractivity contribution in [2.24, 2.45) is 0 Å². The van der Waals surface area contributed by atoms with E-state index in [1.165, 1.54) is 5.56 Å². The molecule has 7 heteroatoms. The molecule has 2 N–H and O–H groups in total. The number of benzene rings is 2. The van der Waals surface area contributed by atoms with Gasteiger partial charge in [0.2, 0.25) is 5.95 Å². The lowest BCUT2D eigenvalue weighted by Crippen LogP contribution is -2.15. The molecule has 0 bridgehead atoms. The summed E-state index contributed by atoms with van der Waals surface area (Å²) in [6.45, 7) is 3.19. The molecule has 2 aromatic carbocycles. The molecule has 0 fully saturated rings. The highest BCUT2D eigenvalue weighted by Gasteiger charge is 2.12. The van der Waals surface area contributed by atoms with Gasteiger partial charge in [0.05, 0.1) is 6.20 Å². The second-order valence-corrected chi connectivity index (χ2v) is 5.93. The molecule has 4 rings (SSSR count). The van der Waals surface area contributed by atoms with E-state index in [-0.39, 0.29) is 6.04 Å². The molecule has 132 valence electrons. The van der Waals surface area contributed by atoms with Gasteiger partial charge in [-0.25, -0.2) is 0 Å². The summed E-state index contributed by atoms with van der Waals surface area (Å²) in [7, 11) is 0. The Morgan fingerprint density at radius 1 is 1.00 bits per heavy atom. The van der Waals surface area contributed by atoms with Crippen LogP contribution in [0.3, 0.4) is 0 Å². The molecule has 1 aromatic heterocycles. The van der Waals surface area contributed by atoms with Gasteiger partial charge in [-0.05, 0) is 24.6 Å². The van der Waals surface area contributed by atoms with Crippen molar-refractivity contribution in [1.82, 2.24) is 15.2 Å². The largest absolute Gasteiger partial charge is 0.486 e. The Labute approximate surface area is 151 Å². The summed E-state index contributed by atoms with van der Waals surface area (Å²) in [5.41, 5.74) is 1.98. The van der Waals surface area contributed by atoms with Crippen LogP contribution in [-0.2, 0) is 0 Å². The normalized spacial score (nSPS) is 13.7. The number of aromatic nitrogens is 3. The van der Waals surface area contributed by atoms with Crippen LogP contribution < -0.4 is 20.1 Å². The fraction of sp³-hybridized carbons (Fsp3) is 0.211. The summed E-state index contributed by atoms with van der Waals surface area (Å²) in [6, 6.07) is 15.9. The van der Waals surface area contributed by atoms with Crippen LogP contribution in [0.2, 0.25) is 0 Å². The van der Waals surface area contributed by atoms with E-state index < -0.39 is 0 Å². The van der Waals surface area contributed by atoms with E-state index >= 15 is 0 Å². The van der Waals surface area contributed by atoms with Crippen LogP contribution >= 0.6 is 0 Å². The first-order valence-electron chi connectivity index (χ1n) is 8.46. The van der Waals surface area contributed by atoms with Crippen molar-refractivity contribution >= 4 is 17.5 Å². The van der Waals surface area contributed by atoms with E-state index in [0.29, 0.717) is 30.7 Å². The van der Waals surface area contributed by atoms with E-state index in [4.69, 9.17) is 9.47 Å². The van der Waals surface area contributed by atoms with Crippen LogP contribution in [0.4, 0.5) is 17.5 Å². The first-order valence-corrected chi connectivity index (χ1v) is 8.46. The molecule has 0 radical (unpaired) electrons. The highest BCUT2D eigenvalue weighted by molar-refractivity contribution is 5.60. The second-order valence-electron chi connectivity index (χ2n) is 5.93. The lowest BCUT2D eigenvalue weighted by atomic mass is 10.1. The minimum atomic E-state index is 0.107. The van der Waals surface area contributed by atoms with E-state index in [1.807, 2.05) is 36.4 Å². The molecule has 2 heterocycles. The summed E-state index contributed by atoms with van der Waals surface area (Å²) in [4.78, 5) is 4.48. The first kappa shape index (κ1) is 16.1. The molecule has 0 saturated carbocycles. The summed E-state index contributed by atoms with van der Waals surface area (Å²) in [6.07, 6.45) is 1.61. The lowest BCUT2D eigenvalue weighted by Gasteiger charge is -2.19. The maximum absolute atomic E-state index is 5.59. The Balaban J connectivity index is 1.47. The van der Waals surface area contributed by atoms with Crippen LogP contribution in [0.1, 0.15) is 18.5 Å². The number of nitrogens with one attached hydrogen (secondary N) is 2. The van der Waals surface area contributed by atoms with Crippen molar-refractivity contribution in [1.29, 1.82) is 0 Å². The van der Waals surface area contributed by atoms with E-state index in [9.17, 15) is 0 Å². The second kappa shape index (κ2) is 7.26. The average Bonchev–Trinajstić information content (AvgIpc) is 2.69. The van der Waals surface area contributed by atoms with Gasteiger partial charge in [-0.2, -0.15) is 10.1 Å². The van der Waals surface area contributed by atoms with Crippen molar-refractivity contribution in [3.8, 4) is 11.5 Å². The van der Waals surface area contributed by atoms with Gasteiger partial charge in [-0.1, -0.05) is 30.3 Å². The third-order valence-corrected chi connectivity index (χ3v) is 4.02. The van der Waals surface area contributed by atoms with Gasteiger partial charge in [0.15, 0.2) is 17.3 Å². The topological polar surface area (TPSA) is 81.2 Å². The van der Waals surface area contributed by atoms with Gasteiger partial charge in [-0.15, -0.1) is 5.10 Å². The molecule has 1 atom stereocenters. The molecule has 3 aromatic rings. The summed E-state index contributed by atoms with van der Waals surface area (Å²) in [5, 5.41) is 14.5. The van der Waals surface area contributed by atoms with Crippen molar-refractivity contribution in [3.63, 3.8) is 0 Å². The quantitative estimate of drug-likeness (QED) is 0.729. The zero-order valence-electron chi connectivity index (χ0n) is 14.3. The van der Waals surface area contributed by atoms with Gasteiger partial charge in [-0.3, -0.25) is 0 Å². The maximum atomic E-state index is 5.59. The third-order valence-electron chi connectivity index (χ3n) is 4.02. The molecule has 1 aliphatic rings. The van der Waals surface area contributed by atoms with Gasteiger partial charge >= 0.3 is 0 Å². The fourth-order valence-corrected chi connectivity index (χ4v) is 2.72. The molecular weight excluding hydrogens is 330 g/mol. The summed E-state index contributed by atoms with van der Waals surface area (Å²) in [5.74, 6) is 2.51. The molecular formula is C19H19N5O2. The minimum absolute atomic E-state index is 0.107. The molecule has 0 amide bonds. The number of anilines is 3. The minimum Gasteiger partial charge on any atom is -0.486 e. The van der Waals surface area contributed by atoms with Crippen LogP contribution in [0, 0.1) is 0 Å². The maximum Gasteiger partial charge on any atom is 0.249 e. The van der Waals surface area contributed by atoms with E-state index in [1.54, 1.807) is 6.20 Å². The number of hydrogen-bond acceptors (Lipinski definition) is 7. The van der Waals surface area contributed by atoms with Crippen molar-refractivity contribution in [2.45, 2.75) is 13.0 Å². The predicted octanol–water partition coefficient (Wildman–Crippen LogP) is 3.56. The molecule has 26 heavy (non-hydrogen) atoms. The zero-order valence-corrected chi connectivity index (χ0v) is 14.3. The van der Waals surface area contributed by atoms with Crippen LogP contribution in [0.15, 0.2) is 54.7 Å². The molecule has 7 nitrogen and oxygen atoms in total. The van der Waals surface area contributed by atoms with Crippen LogP contribution in [0.25, 0.3) is 0 Å². The standard InChI is InChI=1S/C19H19N5O2/c1-13(14-5-3-2-4-6-14)21-18-12-20-24-19(23-18)22-15-7-8-16-17(11-15)26-10-9-25-16/h2-8,11-13H,9-10H2,1H3,(H2,21,22,23,24). The molecule has 0 spiro atoms. The monoisotopic (exact) mass is 349 g/mol. The van der Waals surface area contributed by atoms with Gasteiger partial charge < -0.3 is 20.1 Å². The Bertz CT molecular complexity index is 888. The highest BCUT2D eigenvalue weighted by Crippen LogP contribution is 2.33. The Hall–Kier alpha value is -3.35. The summed E-state index contributed by atoms with van der Waals surface area (Å²) >= 11 is 0. The van der Waals surface area contributed by atoms with Gasteiger partial charge in [0, 0.05) is 17.8 Å². The molecule has 0 saturated heterocycles.